The minimum absolute atomic E-state index is 0.0488. The summed E-state index contributed by atoms with van der Waals surface area (Å²) in [5.74, 6) is 0.348. The third-order valence-corrected chi connectivity index (χ3v) is 5.61. The zero-order chi connectivity index (χ0) is 20.2. The van der Waals surface area contributed by atoms with Gasteiger partial charge in [0.1, 0.15) is 0 Å². The van der Waals surface area contributed by atoms with Crippen molar-refractivity contribution in [2.24, 2.45) is 11.0 Å². The van der Waals surface area contributed by atoms with Gasteiger partial charge in [-0.15, -0.1) is 0 Å². The Morgan fingerprint density at radius 2 is 1.79 bits per heavy atom. The summed E-state index contributed by atoms with van der Waals surface area (Å²) >= 11 is 0. The van der Waals surface area contributed by atoms with E-state index in [-0.39, 0.29) is 30.7 Å². The van der Waals surface area contributed by atoms with Crippen LogP contribution in [0.1, 0.15) is 54.8 Å². The van der Waals surface area contributed by atoms with E-state index in [2.05, 4.69) is 41.6 Å². The molecule has 4 rings (SSSR count). The number of hydrogen-bond acceptors (Lipinski definition) is 3. The molecule has 1 unspecified atom stereocenters. The van der Waals surface area contributed by atoms with E-state index in [1.165, 1.54) is 10.6 Å². The molecule has 0 spiro atoms. The largest absolute Gasteiger partial charge is 0.349 e. The van der Waals surface area contributed by atoms with E-state index in [1.54, 1.807) is 0 Å². The lowest BCUT2D eigenvalue weighted by molar-refractivity contribution is -0.133. The molecule has 5 heteroatoms. The molecule has 1 atom stereocenters. The summed E-state index contributed by atoms with van der Waals surface area (Å²) < 4.78 is 0. The average molecular weight is 389 g/mol. The lowest BCUT2D eigenvalue weighted by Gasteiger charge is -2.19. The monoisotopic (exact) mass is 389 g/mol. The van der Waals surface area contributed by atoms with Crippen LogP contribution in [0.15, 0.2) is 59.7 Å². The highest BCUT2D eigenvalue weighted by Gasteiger charge is 2.33. The number of carbonyl (C=O) groups is 2. The van der Waals surface area contributed by atoms with Gasteiger partial charge >= 0.3 is 0 Å². The number of carbonyl (C=O) groups excluding carboxylic acids is 2. The number of aryl methyl sites for hydroxylation is 1. The Labute approximate surface area is 171 Å². The van der Waals surface area contributed by atoms with Crippen molar-refractivity contribution in [2.75, 3.05) is 6.54 Å². The molecule has 0 saturated heterocycles. The second-order valence-corrected chi connectivity index (χ2v) is 7.97. The maximum Gasteiger partial charge on any atom is 0.243 e. The molecule has 2 amide bonds. The van der Waals surface area contributed by atoms with Crippen molar-refractivity contribution in [3.63, 3.8) is 0 Å². The van der Waals surface area contributed by atoms with Crippen LogP contribution >= 0.6 is 0 Å². The fraction of sp³-hybridized carbons (Fsp3) is 0.375. The van der Waals surface area contributed by atoms with Gasteiger partial charge < -0.3 is 5.32 Å². The number of hydrazone groups is 1. The minimum Gasteiger partial charge on any atom is -0.349 e. The van der Waals surface area contributed by atoms with Gasteiger partial charge in [-0.2, -0.15) is 5.10 Å². The molecular weight excluding hydrogens is 362 g/mol. The van der Waals surface area contributed by atoms with E-state index in [0.29, 0.717) is 12.5 Å². The van der Waals surface area contributed by atoms with E-state index in [0.717, 1.165) is 36.1 Å². The predicted octanol–water partition coefficient (Wildman–Crippen LogP) is 3.98. The van der Waals surface area contributed by atoms with Crippen molar-refractivity contribution in [3.8, 4) is 0 Å². The highest BCUT2D eigenvalue weighted by Crippen LogP contribution is 2.41. The van der Waals surface area contributed by atoms with Crippen LogP contribution in [0, 0.1) is 12.8 Å². The maximum absolute atomic E-state index is 12.5. The number of benzene rings is 2. The van der Waals surface area contributed by atoms with Crippen LogP contribution in [0.5, 0.6) is 0 Å². The Kier molecular flexibility index (Phi) is 5.74. The van der Waals surface area contributed by atoms with Crippen LogP contribution in [0.25, 0.3) is 0 Å². The summed E-state index contributed by atoms with van der Waals surface area (Å²) in [5, 5.41) is 9.12. The highest BCUT2D eigenvalue weighted by molar-refractivity contribution is 6.02. The third-order valence-electron chi connectivity index (χ3n) is 5.61. The molecule has 1 fully saturated rings. The van der Waals surface area contributed by atoms with Crippen LogP contribution < -0.4 is 5.32 Å². The van der Waals surface area contributed by atoms with Gasteiger partial charge in [-0.05, 0) is 36.8 Å². The molecule has 5 nitrogen and oxygen atoms in total. The van der Waals surface area contributed by atoms with Crippen LogP contribution in [0.4, 0.5) is 0 Å². The highest BCUT2D eigenvalue weighted by atomic mass is 16.2. The number of nitrogens with one attached hydrogen (secondary N) is 1. The lowest BCUT2D eigenvalue weighted by Crippen LogP contribution is -2.31. The fourth-order valence-electron chi connectivity index (χ4n) is 3.74. The van der Waals surface area contributed by atoms with Crippen LogP contribution in [-0.4, -0.2) is 29.1 Å². The molecular formula is C24H27N3O2. The second-order valence-electron chi connectivity index (χ2n) is 7.97. The summed E-state index contributed by atoms with van der Waals surface area (Å²) in [6.45, 7) is 2.64. The van der Waals surface area contributed by atoms with E-state index in [1.807, 2.05) is 30.3 Å². The fourth-order valence-corrected chi connectivity index (χ4v) is 3.74. The third kappa shape index (κ3) is 4.91. The lowest BCUT2D eigenvalue weighted by atomic mass is 10.0. The molecule has 2 aliphatic rings. The smallest absolute Gasteiger partial charge is 0.243 e. The quantitative estimate of drug-likeness (QED) is 0.779. The standard InChI is InChI=1S/C24H27N3O2/c1-17-7-9-19(10-8-17)24(20-11-12-20)25-22(28)13-14-23(29)27-16-15-21(26-27)18-5-3-2-4-6-18/h2-10,20,24H,11-16H2,1H3,(H,25,28). The summed E-state index contributed by atoms with van der Waals surface area (Å²) in [7, 11) is 0. The van der Waals surface area contributed by atoms with E-state index >= 15 is 0 Å². The molecule has 2 aromatic rings. The molecule has 2 aromatic carbocycles. The Morgan fingerprint density at radius 1 is 1.07 bits per heavy atom. The maximum atomic E-state index is 12.5. The van der Waals surface area contributed by atoms with Crippen molar-refractivity contribution in [2.45, 2.75) is 45.1 Å². The Morgan fingerprint density at radius 3 is 2.48 bits per heavy atom. The summed E-state index contributed by atoms with van der Waals surface area (Å²) in [5.41, 5.74) is 4.33. The first-order valence-electron chi connectivity index (χ1n) is 10.4. The normalized spacial score (nSPS) is 17.0. The molecule has 1 heterocycles. The molecule has 0 aromatic heterocycles. The Balaban J connectivity index is 1.30. The van der Waals surface area contributed by atoms with Gasteiger partial charge in [0.15, 0.2) is 0 Å². The number of amides is 2. The molecule has 29 heavy (non-hydrogen) atoms. The Hall–Kier alpha value is -2.95. The molecule has 1 aliphatic heterocycles. The molecule has 0 bridgehead atoms. The van der Waals surface area contributed by atoms with Crippen LogP contribution in [0.2, 0.25) is 0 Å². The van der Waals surface area contributed by atoms with Gasteiger partial charge in [0.05, 0.1) is 18.3 Å². The first-order chi connectivity index (χ1) is 14.1. The first kappa shape index (κ1) is 19.4. The van der Waals surface area contributed by atoms with Gasteiger partial charge in [0.25, 0.3) is 0 Å². The Bertz CT molecular complexity index is 901. The van der Waals surface area contributed by atoms with Gasteiger partial charge in [-0.3, -0.25) is 9.59 Å². The first-order valence-corrected chi connectivity index (χ1v) is 10.4. The van der Waals surface area contributed by atoms with Crippen molar-refractivity contribution in [1.82, 2.24) is 10.3 Å². The van der Waals surface area contributed by atoms with Gasteiger partial charge in [-0.1, -0.05) is 60.2 Å². The zero-order valence-corrected chi connectivity index (χ0v) is 16.8. The summed E-state index contributed by atoms with van der Waals surface area (Å²) in [4.78, 5) is 25.0. The number of hydrogen-bond donors (Lipinski definition) is 1. The molecule has 150 valence electrons. The van der Waals surface area contributed by atoms with E-state index < -0.39 is 0 Å². The topological polar surface area (TPSA) is 61.8 Å². The van der Waals surface area contributed by atoms with E-state index in [9.17, 15) is 9.59 Å². The predicted molar refractivity (Wildman–Crippen MR) is 113 cm³/mol. The number of rotatable bonds is 7. The van der Waals surface area contributed by atoms with Crippen molar-refractivity contribution in [1.29, 1.82) is 0 Å². The van der Waals surface area contributed by atoms with Crippen LogP contribution in [0.3, 0.4) is 0 Å². The van der Waals surface area contributed by atoms with Gasteiger partial charge in [0, 0.05) is 19.3 Å². The van der Waals surface area contributed by atoms with Gasteiger partial charge in [0.2, 0.25) is 11.8 Å². The molecule has 1 saturated carbocycles. The van der Waals surface area contributed by atoms with Crippen molar-refractivity contribution < 1.29 is 9.59 Å². The average Bonchev–Trinajstić information content (AvgIpc) is 3.47. The van der Waals surface area contributed by atoms with Gasteiger partial charge in [-0.25, -0.2) is 5.01 Å². The SMILES string of the molecule is Cc1ccc(C(NC(=O)CCC(=O)N2CCC(c3ccccc3)=N2)C2CC2)cc1. The minimum atomic E-state index is -0.0932. The molecule has 1 N–H and O–H groups in total. The number of nitrogens with zero attached hydrogens (tertiary/aromatic N) is 2. The molecule has 0 radical (unpaired) electrons. The second kappa shape index (κ2) is 8.60. The zero-order valence-electron chi connectivity index (χ0n) is 16.8. The summed E-state index contributed by atoms with van der Waals surface area (Å²) in [6.07, 6.45) is 3.41. The van der Waals surface area contributed by atoms with Crippen LogP contribution in [-0.2, 0) is 9.59 Å². The van der Waals surface area contributed by atoms with Crippen molar-refractivity contribution >= 4 is 17.5 Å². The molecule has 1 aliphatic carbocycles. The van der Waals surface area contributed by atoms with Crippen molar-refractivity contribution in [3.05, 3.63) is 71.3 Å². The van der Waals surface area contributed by atoms with E-state index in [4.69, 9.17) is 0 Å². The summed E-state index contributed by atoms with van der Waals surface area (Å²) in [6, 6.07) is 18.3.